The molecule has 1 aliphatic carbocycles. The van der Waals surface area contributed by atoms with Crippen LogP contribution in [0.1, 0.15) is 69.8 Å². The zero-order valence-electron chi connectivity index (χ0n) is 34.0. The van der Waals surface area contributed by atoms with Crippen LogP contribution >= 0.6 is 0 Å². The molecule has 9 nitrogen and oxygen atoms in total. The lowest BCUT2D eigenvalue weighted by atomic mass is 9.84. The van der Waals surface area contributed by atoms with Crippen LogP contribution in [0.2, 0.25) is 0 Å². The third-order valence-corrected chi connectivity index (χ3v) is 12.3. The summed E-state index contributed by atoms with van der Waals surface area (Å²) in [5.41, 5.74) is 8.39. The van der Waals surface area contributed by atoms with Gasteiger partial charge in [-0.3, -0.25) is 24.2 Å². The van der Waals surface area contributed by atoms with E-state index in [9.17, 15) is 24.3 Å². The highest BCUT2D eigenvalue weighted by molar-refractivity contribution is 6.08. The molecule has 8 rings (SSSR count). The zero-order valence-corrected chi connectivity index (χ0v) is 34.0. The number of ketones is 1. The SMILES string of the molecule is CC(=O)C(Cc1ccc(C(CNC(=O)C2CC(CC3c4ccccc4-c4ccccc43)CN(C)CN2C(=O)O)c2ccccc2)cc1)NC(=O)c1cccc2ccccc12. The van der Waals surface area contributed by atoms with E-state index in [1.165, 1.54) is 34.1 Å². The Balaban J connectivity index is 0.983. The van der Waals surface area contributed by atoms with Gasteiger partial charge in [-0.2, -0.15) is 0 Å². The number of fused-ring (bicyclic) bond motifs is 4. The van der Waals surface area contributed by atoms with Crippen molar-refractivity contribution < 1.29 is 24.3 Å². The monoisotopic (exact) mass is 798 g/mol. The molecule has 2 aliphatic rings. The van der Waals surface area contributed by atoms with Gasteiger partial charge in [0, 0.05) is 30.5 Å². The molecule has 0 aromatic heterocycles. The Hall–Kier alpha value is -6.58. The van der Waals surface area contributed by atoms with Gasteiger partial charge < -0.3 is 15.7 Å². The summed E-state index contributed by atoms with van der Waals surface area (Å²) in [5.74, 6) is -0.759. The second kappa shape index (κ2) is 17.7. The Labute approximate surface area is 351 Å². The largest absolute Gasteiger partial charge is 0.465 e. The quantitative estimate of drug-likeness (QED) is 0.114. The first-order valence-electron chi connectivity index (χ1n) is 20.7. The lowest BCUT2D eigenvalue weighted by molar-refractivity contribution is -0.126. The molecule has 0 saturated carbocycles. The second-order valence-electron chi connectivity index (χ2n) is 16.3. The summed E-state index contributed by atoms with van der Waals surface area (Å²) in [6, 6.07) is 46.5. The number of amides is 3. The van der Waals surface area contributed by atoms with Crippen molar-refractivity contribution in [2.45, 2.75) is 50.1 Å². The number of rotatable bonds is 12. The molecule has 0 bridgehead atoms. The van der Waals surface area contributed by atoms with Crippen molar-refractivity contribution in [2.75, 3.05) is 26.8 Å². The minimum Gasteiger partial charge on any atom is -0.465 e. The lowest BCUT2D eigenvalue weighted by Gasteiger charge is -2.29. The van der Waals surface area contributed by atoms with Gasteiger partial charge in [0.25, 0.3) is 5.91 Å². The average molecular weight is 799 g/mol. The van der Waals surface area contributed by atoms with Gasteiger partial charge in [0.1, 0.15) is 6.04 Å². The van der Waals surface area contributed by atoms with Gasteiger partial charge in [0.05, 0.1) is 12.7 Å². The Morgan fingerprint density at radius 1 is 0.733 bits per heavy atom. The maximum atomic E-state index is 14.3. The predicted octanol–water partition coefficient (Wildman–Crippen LogP) is 8.48. The molecule has 1 heterocycles. The summed E-state index contributed by atoms with van der Waals surface area (Å²) in [5, 5.41) is 18.3. The molecular weight excluding hydrogens is 749 g/mol. The molecule has 3 N–H and O–H groups in total. The standard InChI is InChI=1S/C51H50N4O5/c1-33(56)47(53-49(57)44-22-12-16-36-15-6-7-17-39(36)44)28-34-23-25-38(26-24-34)46(37-13-4-3-5-14-37)30-52-50(58)48-29-35(31-54(2)32-55(48)51(59)60)27-45-42-20-10-8-18-40(42)41-19-9-11-21-43(41)45/h3-26,35,45-48H,27-32H2,1-2H3,(H,52,58)(H,53,57)(H,59,60). The van der Waals surface area contributed by atoms with Crippen LogP contribution in [0.4, 0.5) is 4.79 Å². The van der Waals surface area contributed by atoms with Gasteiger partial charge in [0.2, 0.25) is 5.91 Å². The highest BCUT2D eigenvalue weighted by Crippen LogP contribution is 2.48. The van der Waals surface area contributed by atoms with Crippen LogP contribution in [0.5, 0.6) is 0 Å². The van der Waals surface area contributed by atoms with Gasteiger partial charge in [-0.15, -0.1) is 0 Å². The number of hydrogen-bond acceptors (Lipinski definition) is 5. The van der Waals surface area contributed by atoms with Gasteiger partial charge in [-0.1, -0.05) is 140 Å². The number of carbonyl (C=O) groups excluding carboxylic acids is 3. The van der Waals surface area contributed by atoms with Crippen molar-refractivity contribution in [3.05, 3.63) is 179 Å². The summed E-state index contributed by atoms with van der Waals surface area (Å²) < 4.78 is 0. The van der Waals surface area contributed by atoms with E-state index in [2.05, 4.69) is 59.2 Å². The fraction of sp³-hybridized carbons (Fsp3) is 0.255. The number of Topliss-reactive ketones (excluding diaryl/α,β-unsaturated/α-hetero) is 1. The van der Waals surface area contributed by atoms with E-state index in [0.717, 1.165) is 33.9 Å². The molecule has 4 unspecified atom stereocenters. The van der Waals surface area contributed by atoms with Crippen molar-refractivity contribution in [2.24, 2.45) is 5.92 Å². The molecule has 0 radical (unpaired) electrons. The molecule has 4 atom stereocenters. The Bertz CT molecular complexity index is 2470. The van der Waals surface area contributed by atoms with Crippen LogP contribution in [0, 0.1) is 5.92 Å². The minimum absolute atomic E-state index is 0.0624. The molecule has 1 saturated heterocycles. The fourth-order valence-corrected chi connectivity index (χ4v) is 9.35. The van der Waals surface area contributed by atoms with Gasteiger partial charge in [-0.25, -0.2) is 4.79 Å². The van der Waals surface area contributed by atoms with Crippen molar-refractivity contribution in [1.29, 1.82) is 0 Å². The minimum atomic E-state index is -1.12. The normalized spacial score (nSPS) is 17.5. The summed E-state index contributed by atoms with van der Waals surface area (Å²) in [6.07, 6.45) is 0.402. The molecule has 60 heavy (non-hydrogen) atoms. The van der Waals surface area contributed by atoms with E-state index >= 15 is 0 Å². The van der Waals surface area contributed by atoms with Crippen LogP contribution in [-0.2, 0) is 16.0 Å². The number of nitrogens with zero attached hydrogens (tertiary/aromatic N) is 2. The van der Waals surface area contributed by atoms with E-state index in [4.69, 9.17) is 0 Å². The summed E-state index contributed by atoms with van der Waals surface area (Å²) in [6.45, 7) is 2.55. The van der Waals surface area contributed by atoms with E-state index in [1.807, 2.05) is 103 Å². The number of carboxylic acid groups (broad SMARTS) is 1. The van der Waals surface area contributed by atoms with Crippen molar-refractivity contribution in [3.8, 4) is 11.1 Å². The summed E-state index contributed by atoms with van der Waals surface area (Å²) >= 11 is 0. The van der Waals surface area contributed by atoms with E-state index in [-0.39, 0.29) is 48.6 Å². The van der Waals surface area contributed by atoms with E-state index < -0.39 is 18.2 Å². The maximum absolute atomic E-state index is 14.3. The smallest absolute Gasteiger partial charge is 0.409 e. The van der Waals surface area contributed by atoms with Crippen LogP contribution in [-0.4, -0.2) is 77.5 Å². The number of benzene rings is 6. The predicted molar refractivity (Wildman–Crippen MR) is 235 cm³/mol. The van der Waals surface area contributed by atoms with E-state index in [0.29, 0.717) is 24.9 Å². The fourth-order valence-electron chi connectivity index (χ4n) is 9.35. The molecule has 1 aliphatic heterocycles. The van der Waals surface area contributed by atoms with E-state index in [1.54, 1.807) is 6.07 Å². The summed E-state index contributed by atoms with van der Waals surface area (Å²) in [4.78, 5) is 56.6. The number of nitrogens with one attached hydrogen (secondary N) is 2. The first-order chi connectivity index (χ1) is 29.1. The van der Waals surface area contributed by atoms with Crippen molar-refractivity contribution in [1.82, 2.24) is 20.4 Å². The topological polar surface area (TPSA) is 119 Å². The molecule has 6 aromatic carbocycles. The average Bonchev–Trinajstić information content (AvgIpc) is 3.46. The number of carbonyl (C=O) groups is 4. The first kappa shape index (κ1) is 40.2. The van der Waals surface area contributed by atoms with Crippen LogP contribution in [0.15, 0.2) is 146 Å². The Morgan fingerprint density at radius 3 is 2.03 bits per heavy atom. The first-order valence-corrected chi connectivity index (χ1v) is 20.7. The van der Waals surface area contributed by atoms with Crippen LogP contribution in [0.3, 0.4) is 0 Å². The van der Waals surface area contributed by atoms with Crippen LogP contribution in [0.25, 0.3) is 21.9 Å². The zero-order chi connectivity index (χ0) is 41.8. The molecule has 1 fully saturated rings. The van der Waals surface area contributed by atoms with Crippen molar-refractivity contribution in [3.63, 3.8) is 0 Å². The van der Waals surface area contributed by atoms with Crippen molar-refractivity contribution >= 4 is 34.5 Å². The lowest BCUT2D eigenvalue weighted by Crippen LogP contribution is -2.51. The maximum Gasteiger partial charge on any atom is 0.409 e. The third kappa shape index (κ3) is 8.58. The summed E-state index contributed by atoms with van der Waals surface area (Å²) in [7, 11) is 1.92. The molecule has 3 amide bonds. The van der Waals surface area contributed by atoms with Gasteiger partial charge >= 0.3 is 6.09 Å². The second-order valence-corrected chi connectivity index (χ2v) is 16.3. The van der Waals surface area contributed by atoms with Gasteiger partial charge in [-0.05, 0) is 94.9 Å². The molecule has 6 aromatic rings. The third-order valence-electron chi connectivity index (χ3n) is 12.3. The van der Waals surface area contributed by atoms with Gasteiger partial charge in [0.15, 0.2) is 5.78 Å². The highest BCUT2D eigenvalue weighted by Gasteiger charge is 2.39. The molecule has 304 valence electrons. The highest BCUT2D eigenvalue weighted by atomic mass is 16.4. The Kier molecular flexibility index (Phi) is 11.9. The Morgan fingerprint density at radius 2 is 1.35 bits per heavy atom. The van der Waals surface area contributed by atoms with Crippen LogP contribution < -0.4 is 10.6 Å². The molecule has 0 spiro atoms. The molecular formula is C51H50N4O5. The molecule has 9 heteroatoms. The number of hydrogen-bond donors (Lipinski definition) is 3.